The van der Waals surface area contributed by atoms with E-state index in [0.717, 1.165) is 10.0 Å². The van der Waals surface area contributed by atoms with E-state index in [-0.39, 0.29) is 5.02 Å². The molecule has 0 unspecified atom stereocenters. The molecule has 0 fully saturated rings. The molecule has 2 aromatic carbocycles. The molecule has 0 radical (unpaired) electrons. The second-order valence-corrected chi connectivity index (χ2v) is 6.79. The summed E-state index contributed by atoms with van der Waals surface area (Å²) < 4.78 is 6.67. The van der Waals surface area contributed by atoms with Gasteiger partial charge in [0.15, 0.2) is 0 Å². The van der Waals surface area contributed by atoms with Crippen molar-refractivity contribution < 1.29 is 9.21 Å². The van der Waals surface area contributed by atoms with E-state index in [0.29, 0.717) is 22.1 Å². The minimum Gasteiger partial charge on any atom is -0.455 e. The van der Waals surface area contributed by atoms with Crippen molar-refractivity contribution in [1.29, 1.82) is 0 Å². The maximum atomic E-state index is 12.0. The number of hydrazone groups is 1. The number of benzene rings is 2. The number of carbonyl (C=O) groups is 1. The summed E-state index contributed by atoms with van der Waals surface area (Å²) in [6, 6.07) is 16.0. The first-order valence-corrected chi connectivity index (χ1v) is 8.72. The molecule has 0 bridgehead atoms. The van der Waals surface area contributed by atoms with Crippen LogP contribution in [0.25, 0.3) is 11.3 Å². The van der Waals surface area contributed by atoms with Gasteiger partial charge in [0, 0.05) is 15.1 Å². The molecule has 7 heteroatoms. The van der Waals surface area contributed by atoms with Crippen LogP contribution in [-0.2, 0) is 0 Å². The van der Waals surface area contributed by atoms with E-state index < -0.39 is 5.91 Å². The highest BCUT2D eigenvalue weighted by atomic mass is 79.9. The largest absolute Gasteiger partial charge is 0.455 e. The monoisotopic (exact) mass is 436 g/mol. The van der Waals surface area contributed by atoms with E-state index >= 15 is 0 Å². The third kappa shape index (κ3) is 4.51. The fraction of sp³-hybridized carbons (Fsp3) is 0. The molecule has 1 amide bonds. The molecule has 0 atom stereocenters. The molecule has 0 saturated carbocycles. The van der Waals surface area contributed by atoms with E-state index in [9.17, 15) is 4.79 Å². The van der Waals surface area contributed by atoms with E-state index in [2.05, 4.69) is 26.5 Å². The lowest BCUT2D eigenvalue weighted by molar-refractivity contribution is 0.0955. The smallest absolute Gasteiger partial charge is 0.272 e. The average Bonchev–Trinajstić information content (AvgIpc) is 3.04. The first-order chi connectivity index (χ1) is 12.0. The van der Waals surface area contributed by atoms with Crippen LogP contribution in [0.1, 0.15) is 16.1 Å². The fourth-order valence-corrected chi connectivity index (χ4v) is 2.84. The van der Waals surface area contributed by atoms with Crippen molar-refractivity contribution in [3.8, 4) is 11.3 Å². The Morgan fingerprint density at radius 2 is 1.84 bits per heavy atom. The zero-order chi connectivity index (χ0) is 17.8. The molecule has 0 aliphatic carbocycles. The van der Waals surface area contributed by atoms with Crippen LogP contribution in [0.2, 0.25) is 10.0 Å². The van der Waals surface area contributed by atoms with Crippen molar-refractivity contribution in [2.75, 3.05) is 0 Å². The van der Waals surface area contributed by atoms with Gasteiger partial charge in [-0.3, -0.25) is 4.79 Å². The number of hydrogen-bond donors (Lipinski definition) is 1. The summed E-state index contributed by atoms with van der Waals surface area (Å²) in [6.45, 7) is 0. The minimum atomic E-state index is -0.433. The van der Waals surface area contributed by atoms with Crippen LogP contribution in [-0.4, -0.2) is 12.1 Å². The van der Waals surface area contributed by atoms with Crippen LogP contribution in [0.3, 0.4) is 0 Å². The summed E-state index contributed by atoms with van der Waals surface area (Å²) in [7, 11) is 0. The lowest BCUT2D eigenvalue weighted by atomic mass is 10.2. The quantitative estimate of drug-likeness (QED) is 0.415. The third-order valence-corrected chi connectivity index (χ3v) is 4.37. The number of halogens is 3. The van der Waals surface area contributed by atoms with E-state index in [1.807, 2.05) is 30.3 Å². The maximum absolute atomic E-state index is 12.0. The lowest BCUT2D eigenvalue weighted by Gasteiger charge is -2.02. The summed E-state index contributed by atoms with van der Waals surface area (Å²) in [5, 5.41) is 4.60. The van der Waals surface area contributed by atoms with Crippen molar-refractivity contribution in [2.45, 2.75) is 0 Å². The predicted octanol–water partition coefficient (Wildman–Crippen LogP) is 5.78. The molecule has 3 aromatic rings. The van der Waals surface area contributed by atoms with Crippen molar-refractivity contribution in [3.63, 3.8) is 0 Å². The van der Waals surface area contributed by atoms with Gasteiger partial charge >= 0.3 is 0 Å². The molecule has 0 saturated heterocycles. The Hall–Kier alpha value is -2.08. The van der Waals surface area contributed by atoms with Gasteiger partial charge in [-0.1, -0.05) is 51.3 Å². The maximum Gasteiger partial charge on any atom is 0.272 e. The Morgan fingerprint density at radius 1 is 1.08 bits per heavy atom. The number of rotatable bonds is 4. The molecule has 4 nitrogen and oxygen atoms in total. The van der Waals surface area contributed by atoms with Crippen LogP contribution in [0.5, 0.6) is 0 Å². The Balaban J connectivity index is 1.66. The van der Waals surface area contributed by atoms with Gasteiger partial charge in [0.1, 0.15) is 11.5 Å². The summed E-state index contributed by atoms with van der Waals surface area (Å²) in [5.74, 6) is 0.791. The summed E-state index contributed by atoms with van der Waals surface area (Å²) in [5.41, 5.74) is 3.64. The van der Waals surface area contributed by atoms with Crippen LogP contribution < -0.4 is 5.43 Å². The second-order valence-electron chi connectivity index (χ2n) is 5.03. The topological polar surface area (TPSA) is 54.6 Å². The third-order valence-electron chi connectivity index (χ3n) is 3.29. The molecular weight excluding hydrogens is 427 g/mol. The molecule has 126 valence electrons. The van der Waals surface area contributed by atoms with Gasteiger partial charge in [0.25, 0.3) is 5.91 Å². The first kappa shape index (κ1) is 17.7. The zero-order valence-corrected chi connectivity index (χ0v) is 15.8. The number of nitrogens with zero attached hydrogens (tertiary/aromatic N) is 1. The normalized spacial score (nSPS) is 11.0. The Morgan fingerprint density at radius 3 is 2.56 bits per heavy atom. The fourth-order valence-electron chi connectivity index (χ4n) is 2.08. The van der Waals surface area contributed by atoms with E-state index in [1.54, 1.807) is 12.1 Å². The van der Waals surface area contributed by atoms with Crippen LogP contribution in [0, 0.1) is 0 Å². The standard InChI is InChI=1S/C18H11BrCl2N2O2/c19-12-3-1-11(2-4-12)17-8-6-14(25-17)10-22-23-18(24)15-7-5-13(20)9-16(15)21/h1-10H,(H,23,24). The number of furan rings is 1. The highest BCUT2D eigenvalue weighted by molar-refractivity contribution is 9.10. The van der Waals surface area contributed by atoms with E-state index in [4.69, 9.17) is 27.6 Å². The molecule has 3 rings (SSSR count). The molecular formula is C18H11BrCl2N2O2. The van der Waals surface area contributed by atoms with Crippen LogP contribution in [0.4, 0.5) is 0 Å². The van der Waals surface area contributed by atoms with Gasteiger partial charge in [-0.05, 0) is 42.5 Å². The van der Waals surface area contributed by atoms with Gasteiger partial charge in [-0.25, -0.2) is 5.43 Å². The molecule has 0 aliphatic rings. The lowest BCUT2D eigenvalue weighted by Crippen LogP contribution is -2.17. The van der Waals surface area contributed by atoms with Gasteiger partial charge in [-0.15, -0.1) is 0 Å². The van der Waals surface area contributed by atoms with Crippen molar-refractivity contribution in [1.82, 2.24) is 5.43 Å². The highest BCUT2D eigenvalue weighted by Gasteiger charge is 2.10. The second kappa shape index (κ2) is 7.87. The van der Waals surface area contributed by atoms with Crippen LogP contribution >= 0.6 is 39.1 Å². The Bertz CT molecular complexity index is 937. The summed E-state index contributed by atoms with van der Waals surface area (Å²) >= 11 is 15.2. The van der Waals surface area contributed by atoms with Crippen molar-refractivity contribution in [3.05, 3.63) is 80.4 Å². The van der Waals surface area contributed by atoms with Crippen molar-refractivity contribution >= 4 is 51.3 Å². The predicted molar refractivity (Wildman–Crippen MR) is 103 cm³/mol. The number of carbonyl (C=O) groups excluding carboxylic acids is 1. The molecule has 0 aliphatic heterocycles. The van der Waals surface area contributed by atoms with Gasteiger partial charge < -0.3 is 4.42 Å². The van der Waals surface area contributed by atoms with Crippen LogP contribution in [0.15, 0.2) is 68.6 Å². The Kier molecular flexibility index (Phi) is 5.58. The molecule has 1 aromatic heterocycles. The molecule has 1 heterocycles. The van der Waals surface area contributed by atoms with E-state index in [1.165, 1.54) is 18.3 Å². The summed E-state index contributed by atoms with van der Waals surface area (Å²) in [6.07, 6.45) is 1.42. The minimum absolute atomic E-state index is 0.260. The SMILES string of the molecule is O=C(NN=Cc1ccc(-c2ccc(Br)cc2)o1)c1ccc(Cl)cc1Cl. The van der Waals surface area contributed by atoms with Gasteiger partial charge in [0.2, 0.25) is 0 Å². The average molecular weight is 438 g/mol. The number of hydrogen-bond acceptors (Lipinski definition) is 3. The van der Waals surface area contributed by atoms with Crippen molar-refractivity contribution in [2.24, 2.45) is 5.10 Å². The zero-order valence-electron chi connectivity index (χ0n) is 12.7. The molecule has 0 spiro atoms. The number of amides is 1. The summed E-state index contributed by atoms with van der Waals surface area (Å²) in [4.78, 5) is 12.0. The molecule has 25 heavy (non-hydrogen) atoms. The first-order valence-electron chi connectivity index (χ1n) is 7.17. The molecule has 1 N–H and O–H groups in total. The number of nitrogens with one attached hydrogen (secondary N) is 1. The highest BCUT2D eigenvalue weighted by Crippen LogP contribution is 2.23. The Labute approximate surface area is 162 Å². The van der Waals surface area contributed by atoms with Gasteiger partial charge in [0.05, 0.1) is 16.8 Å². The van der Waals surface area contributed by atoms with Gasteiger partial charge in [-0.2, -0.15) is 5.10 Å².